The smallest absolute Gasteiger partial charge is 0.315 e. The quantitative estimate of drug-likeness (QED) is 0.231. The minimum atomic E-state index is -0.400. The van der Waals surface area contributed by atoms with Crippen LogP contribution in [0.25, 0.3) is 11.3 Å². The summed E-state index contributed by atoms with van der Waals surface area (Å²) >= 11 is 0. The van der Waals surface area contributed by atoms with Gasteiger partial charge in [-0.15, -0.1) is 12.4 Å². The molecule has 2 aliphatic rings. The first-order valence-corrected chi connectivity index (χ1v) is 15.4. The highest BCUT2D eigenvalue weighted by Crippen LogP contribution is 2.38. The van der Waals surface area contributed by atoms with Gasteiger partial charge in [0, 0.05) is 36.7 Å². The summed E-state index contributed by atoms with van der Waals surface area (Å²) in [6.45, 7) is 14.3. The molecular formula is C33H42ClN9O2. The normalized spacial score (nSPS) is 16.7. The lowest BCUT2D eigenvalue weighted by atomic mass is 9.78. The summed E-state index contributed by atoms with van der Waals surface area (Å²) in [7, 11) is 0. The SMILES string of the molecule is Cc1cc(-c2cc(Nc3ccc(N4CCC5(CCNC5)CC4)cn3)ncn2)ccc1C(C)NC(=O)c1nc(C(C)(C)C)no1.Cl. The van der Waals surface area contributed by atoms with Crippen molar-refractivity contribution >= 4 is 35.6 Å². The summed E-state index contributed by atoms with van der Waals surface area (Å²) in [6, 6.07) is 11.9. The van der Waals surface area contributed by atoms with Crippen molar-refractivity contribution in [2.45, 2.75) is 65.3 Å². The van der Waals surface area contributed by atoms with Crippen molar-refractivity contribution in [2.75, 3.05) is 36.4 Å². The Kier molecular flexibility index (Phi) is 9.41. The molecule has 0 bridgehead atoms. The minimum absolute atomic E-state index is 0. The van der Waals surface area contributed by atoms with Crippen molar-refractivity contribution < 1.29 is 9.32 Å². The topological polar surface area (TPSA) is 134 Å². The Bertz CT molecular complexity index is 1620. The average Bonchev–Trinajstić information content (AvgIpc) is 3.69. The molecule has 1 atom stereocenters. The zero-order valence-electron chi connectivity index (χ0n) is 26.6. The van der Waals surface area contributed by atoms with E-state index in [4.69, 9.17) is 4.52 Å². The van der Waals surface area contributed by atoms with E-state index in [1.807, 2.05) is 65.1 Å². The number of hydrogen-bond donors (Lipinski definition) is 3. The van der Waals surface area contributed by atoms with E-state index in [0.717, 1.165) is 60.1 Å². The number of anilines is 3. The van der Waals surface area contributed by atoms with E-state index in [1.54, 1.807) is 6.33 Å². The molecule has 2 aliphatic heterocycles. The lowest BCUT2D eigenvalue weighted by Gasteiger charge is -2.39. The maximum absolute atomic E-state index is 12.8. The molecular weight excluding hydrogens is 590 g/mol. The summed E-state index contributed by atoms with van der Waals surface area (Å²) in [4.78, 5) is 33.0. The highest BCUT2D eigenvalue weighted by Gasteiger charge is 2.37. The molecule has 6 rings (SSSR count). The van der Waals surface area contributed by atoms with Gasteiger partial charge in [0.1, 0.15) is 18.0 Å². The second-order valence-corrected chi connectivity index (χ2v) is 13.2. The largest absolute Gasteiger partial charge is 0.370 e. The predicted octanol–water partition coefficient (Wildman–Crippen LogP) is 5.76. The molecule has 3 N–H and O–H groups in total. The Morgan fingerprint density at radius 3 is 2.49 bits per heavy atom. The number of rotatable bonds is 7. The van der Waals surface area contributed by atoms with E-state index in [-0.39, 0.29) is 29.8 Å². The van der Waals surface area contributed by atoms with E-state index < -0.39 is 5.91 Å². The Morgan fingerprint density at radius 2 is 1.84 bits per heavy atom. The number of hydrogen-bond acceptors (Lipinski definition) is 10. The van der Waals surface area contributed by atoms with Crippen molar-refractivity contribution in [2.24, 2.45) is 5.41 Å². The third kappa shape index (κ3) is 7.26. The van der Waals surface area contributed by atoms with Crippen LogP contribution in [0.4, 0.5) is 17.3 Å². The van der Waals surface area contributed by atoms with Gasteiger partial charge in [-0.2, -0.15) is 4.98 Å². The first-order valence-electron chi connectivity index (χ1n) is 15.4. The average molecular weight is 632 g/mol. The van der Waals surface area contributed by atoms with Gasteiger partial charge in [-0.1, -0.05) is 38.1 Å². The van der Waals surface area contributed by atoms with E-state index in [9.17, 15) is 4.79 Å². The fraction of sp³-hybridized carbons (Fsp3) is 0.455. The number of carbonyl (C=O) groups is 1. The monoisotopic (exact) mass is 631 g/mol. The highest BCUT2D eigenvalue weighted by molar-refractivity contribution is 5.89. The highest BCUT2D eigenvalue weighted by atomic mass is 35.5. The van der Waals surface area contributed by atoms with Crippen LogP contribution >= 0.6 is 12.4 Å². The molecule has 2 saturated heterocycles. The standard InChI is InChI=1S/C33H41N9O2.ClH/c1-21-16-23(6-8-25(21)22(2)38-29(43)30-40-31(41-44-30)32(3,4)5)26-17-28(37-20-36-26)39-27-9-7-24(18-35-27)42-14-11-33(12-15-42)10-13-34-19-33;/h6-9,16-18,20,22,34H,10-15,19H2,1-5H3,(H,38,43)(H,35,36,37,39);1H. The third-order valence-corrected chi connectivity index (χ3v) is 8.86. The molecule has 0 radical (unpaired) electrons. The summed E-state index contributed by atoms with van der Waals surface area (Å²) < 4.78 is 5.20. The Hall–Kier alpha value is -4.09. The Labute approximate surface area is 270 Å². The number of aromatic nitrogens is 5. The van der Waals surface area contributed by atoms with Gasteiger partial charge in [-0.05, 0) is 74.4 Å². The van der Waals surface area contributed by atoms with Crippen LogP contribution in [-0.4, -0.2) is 57.2 Å². The predicted molar refractivity (Wildman–Crippen MR) is 177 cm³/mol. The maximum Gasteiger partial charge on any atom is 0.315 e. The molecule has 1 unspecified atom stereocenters. The summed E-state index contributed by atoms with van der Waals surface area (Å²) in [5.74, 6) is 1.46. The van der Waals surface area contributed by atoms with Gasteiger partial charge in [0.25, 0.3) is 0 Å². The number of aryl methyl sites for hydroxylation is 1. The van der Waals surface area contributed by atoms with E-state index in [0.29, 0.717) is 17.1 Å². The molecule has 2 fully saturated rings. The number of nitrogens with zero attached hydrogens (tertiary/aromatic N) is 6. The van der Waals surface area contributed by atoms with Gasteiger partial charge >= 0.3 is 11.8 Å². The van der Waals surface area contributed by atoms with Gasteiger partial charge < -0.3 is 25.4 Å². The fourth-order valence-electron chi connectivity index (χ4n) is 6.10. The lowest BCUT2D eigenvalue weighted by Crippen LogP contribution is -2.41. The molecule has 11 nitrogen and oxygen atoms in total. The van der Waals surface area contributed by atoms with E-state index >= 15 is 0 Å². The Balaban J connectivity index is 0.00000400. The molecule has 1 amide bonds. The van der Waals surface area contributed by atoms with Gasteiger partial charge in [0.05, 0.1) is 23.6 Å². The van der Waals surface area contributed by atoms with E-state index in [2.05, 4.69) is 58.1 Å². The van der Waals surface area contributed by atoms with Crippen LogP contribution in [0.1, 0.15) is 80.6 Å². The molecule has 12 heteroatoms. The zero-order chi connectivity index (χ0) is 30.9. The van der Waals surface area contributed by atoms with Gasteiger partial charge in [-0.25, -0.2) is 15.0 Å². The number of benzene rings is 1. The van der Waals surface area contributed by atoms with Crippen LogP contribution < -0.4 is 20.9 Å². The molecule has 1 aromatic carbocycles. The maximum atomic E-state index is 12.8. The molecule has 238 valence electrons. The van der Waals surface area contributed by atoms with Crippen LogP contribution in [-0.2, 0) is 5.41 Å². The zero-order valence-corrected chi connectivity index (χ0v) is 27.4. The molecule has 0 saturated carbocycles. The van der Waals surface area contributed by atoms with E-state index in [1.165, 1.54) is 19.3 Å². The van der Waals surface area contributed by atoms with Crippen LogP contribution in [0.5, 0.6) is 0 Å². The van der Waals surface area contributed by atoms with Crippen LogP contribution in [0.3, 0.4) is 0 Å². The molecule has 3 aromatic heterocycles. The molecule has 5 heterocycles. The van der Waals surface area contributed by atoms with Crippen molar-refractivity contribution in [3.8, 4) is 11.3 Å². The number of amides is 1. The van der Waals surface area contributed by atoms with Crippen LogP contribution in [0.15, 0.2) is 53.4 Å². The van der Waals surface area contributed by atoms with Crippen LogP contribution in [0.2, 0.25) is 0 Å². The Morgan fingerprint density at radius 1 is 1.04 bits per heavy atom. The number of carbonyl (C=O) groups excluding carboxylic acids is 1. The van der Waals surface area contributed by atoms with Crippen molar-refractivity contribution in [3.63, 3.8) is 0 Å². The number of piperidine rings is 1. The fourth-order valence-corrected chi connectivity index (χ4v) is 6.10. The van der Waals surface area contributed by atoms with Gasteiger partial charge in [0.15, 0.2) is 5.82 Å². The first-order chi connectivity index (χ1) is 21.1. The van der Waals surface area contributed by atoms with Crippen molar-refractivity contribution in [1.29, 1.82) is 0 Å². The minimum Gasteiger partial charge on any atom is -0.370 e. The number of halogens is 1. The van der Waals surface area contributed by atoms with Gasteiger partial charge in [0.2, 0.25) is 0 Å². The third-order valence-electron chi connectivity index (χ3n) is 8.86. The number of nitrogens with one attached hydrogen (secondary N) is 3. The summed E-state index contributed by atoms with van der Waals surface area (Å²) in [6.07, 6.45) is 7.26. The summed E-state index contributed by atoms with van der Waals surface area (Å²) in [5, 5.41) is 13.8. The van der Waals surface area contributed by atoms with Crippen molar-refractivity contribution in [3.05, 3.63) is 71.8 Å². The molecule has 45 heavy (non-hydrogen) atoms. The second-order valence-electron chi connectivity index (χ2n) is 13.2. The number of pyridine rings is 1. The van der Waals surface area contributed by atoms with Gasteiger partial charge in [-0.3, -0.25) is 4.79 Å². The van der Waals surface area contributed by atoms with Crippen molar-refractivity contribution in [1.82, 2.24) is 35.7 Å². The van der Waals surface area contributed by atoms with Crippen LogP contribution in [0, 0.1) is 12.3 Å². The lowest BCUT2D eigenvalue weighted by molar-refractivity contribution is 0.0895. The molecule has 0 aliphatic carbocycles. The summed E-state index contributed by atoms with van der Waals surface area (Å²) in [5.41, 5.74) is 5.10. The molecule has 4 aromatic rings. The molecule has 1 spiro atoms. The second kappa shape index (κ2) is 13.1. The first kappa shape index (κ1) is 32.3.